The first-order valence-electron chi connectivity index (χ1n) is 3.70. The number of alkyl halides is 1. The number of rotatable bonds is 4. The molecule has 0 bridgehead atoms. The Morgan fingerprint density at radius 2 is 2.10 bits per heavy atom. The second kappa shape index (κ2) is 4.12. The van der Waals surface area contributed by atoms with E-state index in [0.717, 1.165) is 19.3 Å². The minimum atomic E-state index is -0.275. The number of carbonyl (C=O) groups excluding carboxylic acids is 1. The standard InChI is InChI=1S/C8H15BrO/c1-4-5-6-8(3,9)7(2)10/h4-6H2,1-3H3. The highest BCUT2D eigenvalue weighted by molar-refractivity contribution is 9.10. The van der Waals surface area contributed by atoms with E-state index < -0.39 is 0 Å². The monoisotopic (exact) mass is 206 g/mol. The summed E-state index contributed by atoms with van der Waals surface area (Å²) in [6.45, 7) is 5.69. The lowest BCUT2D eigenvalue weighted by Crippen LogP contribution is -2.25. The molecule has 0 fully saturated rings. The molecule has 1 unspecified atom stereocenters. The van der Waals surface area contributed by atoms with Crippen LogP contribution < -0.4 is 0 Å². The van der Waals surface area contributed by atoms with Gasteiger partial charge in [0.25, 0.3) is 0 Å². The molecule has 0 spiro atoms. The van der Waals surface area contributed by atoms with E-state index >= 15 is 0 Å². The fourth-order valence-corrected chi connectivity index (χ4v) is 0.965. The number of Topliss-reactive ketones (excluding diaryl/α,β-unsaturated/α-hetero) is 1. The normalized spacial score (nSPS) is 16.4. The summed E-state index contributed by atoms with van der Waals surface area (Å²) in [4.78, 5) is 10.9. The molecule has 0 saturated heterocycles. The second-order valence-electron chi connectivity index (χ2n) is 2.86. The molecule has 0 aromatic heterocycles. The first-order chi connectivity index (χ1) is 4.50. The maximum atomic E-state index is 10.9. The van der Waals surface area contributed by atoms with Crippen LogP contribution in [0.1, 0.15) is 40.0 Å². The molecule has 0 aliphatic carbocycles. The number of halogens is 1. The van der Waals surface area contributed by atoms with Crippen LogP contribution in [0.15, 0.2) is 0 Å². The molecule has 2 heteroatoms. The topological polar surface area (TPSA) is 17.1 Å². The number of hydrogen-bond acceptors (Lipinski definition) is 1. The molecule has 0 heterocycles. The molecule has 0 aliphatic rings. The summed E-state index contributed by atoms with van der Waals surface area (Å²) in [5.74, 6) is 0.223. The minimum Gasteiger partial charge on any atom is -0.298 e. The average Bonchev–Trinajstić information content (AvgIpc) is 1.84. The zero-order valence-electron chi connectivity index (χ0n) is 6.91. The summed E-state index contributed by atoms with van der Waals surface area (Å²) in [6, 6.07) is 0. The van der Waals surface area contributed by atoms with Gasteiger partial charge in [0.1, 0.15) is 5.78 Å². The zero-order chi connectivity index (χ0) is 8.20. The first kappa shape index (κ1) is 10.2. The van der Waals surface area contributed by atoms with E-state index in [0.29, 0.717) is 0 Å². The van der Waals surface area contributed by atoms with Crippen molar-refractivity contribution in [3.8, 4) is 0 Å². The third-order valence-electron chi connectivity index (χ3n) is 1.73. The molecule has 0 N–H and O–H groups in total. The third-order valence-corrected chi connectivity index (χ3v) is 2.69. The Morgan fingerprint density at radius 1 is 1.60 bits per heavy atom. The molecule has 1 nitrogen and oxygen atoms in total. The number of ketones is 1. The van der Waals surface area contributed by atoms with Gasteiger partial charge < -0.3 is 0 Å². The van der Waals surface area contributed by atoms with Crippen LogP contribution in [0.4, 0.5) is 0 Å². The lowest BCUT2D eigenvalue weighted by molar-refractivity contribution is -0.118. The van der Waals surface area contributed by atoms with E-state index in [-0.39, 0.29) is 10.1 Å². The number of hydrogen-bond donors (Lipinski definition) is 0. The van der Waals surface area contributed by atoms with Crippen molar-refractivity contribution in [2.75, 3.05) is 0 Å². The third kappa shape index (κ3) is 3.35. The minimum absolute atomic E-state index is 0.223. The molecule has 0 aliphatic heterocycles. The highest BCUT2D eigenvalue weighted by atomic mass is 79.9. The van der Waals surface area contributed by atoms with Crippen LogP contribution >= 0.6 is 15.9 Å². The quantitative estimate of drug-likeness (QED) is 0.647. The van der Waals surface area contributed by atoms with E-state index in [2.05, 4.69) is 22.9 Å². The van der Waals surface area contributed by atoms with E-state index in [1.165, 1.54) is 0 Å². The van der Waals surface area contributed by atoms with Gasteiger partial charge in [-0.1, -0.05) is 35.7 Å². The zero-order valence-corrected chi connectivity index (χ0v) is 8.49. The maximum absolute atomic E-state index is 10.9. The van der Waals surface area contributed by atoms with Gasteiger partial charge in [-0.05, 0) is 20.3 Å². The molecular formula is C8H15BrO. The fourth-order valence-electron chi connectivity index (χ4n) is 0.685. The van der Waals surface area contributed by atoms with Crippen molar-refractivity contribution in [2.24, 2.45) is 0 Å². The molecule has 60 valence electrons. The highest BCUT2D eigenvalue weighted by Crippen LogP contribution is 2.24. The Hall–Kier alpha value is 0.150. The van der Waals surface area contributed by atoms with Gasteiger partial charge in [-0.25, -0.2) is 0 Å². The maximum Gasteiger partial charge on any atom is 0.146 e. The lowest BCUT2D eigenvalue weighted by Gasteiger charge is -2.17. The summed E-state index contributed by atoms with van der Waals surface area (Å²) in [7, 11) is 0. The van der Waals surface area contributed by atoms with Gasteiger partial charge in [0.05, 0.1) is 4.32 Å². The molecule has 10 heavy (non-hydrogen) atoms. The Balaban J connectivity index is 3.75. The summed E-state index contributed by atoms with van der Waals surface area (Å²) in [5, 5.41) is 0. The number of unbranched alkanes of at least 4 members (excludes halogenated alkanes) is 1. The Morgan fingerprint density at radius 3 is 2.40 bits per heavy atom. The predicted octanol–water partition coefficient (Wildman–Crippen LogP) is 2.92. The van der Waals surface area contributed by atoms with Crippen molar-refractivity contribution >= 4 is 21.7 Å². The van der Waals surface area contributed by atoms with Crippen LogP contribution in [0.5, 0.6) is 0 Å². The molecule has 0 saturated carbocycles. The molecule has 0 aromatic rings. The summed E-state index contributed by atoms with van der Waals surface area (Å²) in [5.41, 5.74) is 0. The van der Waals surface area contributed by atoms with Crippen LogP contribution in [-0.2, 0) is 4.79 Å². The smallest absolute Gasteiger partial charge is 0.146 e. The first-order valence-corrected chi connectivity index (χ1v) is 4.50. The van der Waals surface area contributed by atoms with Crippen molar-refractivity contribution in [3.63, 3.8) is 0 Å². The van der Waals surface area contributed by atoms with Gasteiger partial charge in [0.15, 0.2) is 0 Å². The predicted molar refractivity (Wildman–Crippen MR) is 47.5 cm³/mol. The molecule has 0 amide bonds. The molecule has 1 atom stereocenters. The van der Waals surface area contributed by atoms with Crippen LogP contribution in [-0.4, -0.2) is 10.1 Å². The van der Waals surface area contributed by atoms with E-state index in [1.54, 1.807) is 6.92 Å². The Kier molecular flexibility index (Phi) is 4.18. The van der Waals surface area contributed by atoms with Gasteiger partial charge in [-0.2, -0.15) is 0 Å². The van der Waals surface area contributed by atoms with Gasteiger partial charge >= 0.3 is 0 Å². The van der Waals surface area contributed by atoms with E-state index in [4.69, 9.17) is 0 Å². The van der Waals surface area contributed by atoms with Crippen molar-refractivity contribution in [3.05, 3.63) is 0 Å². The summed E-state index contributed by atoms with van der Waals surface area (Å²) >= 11 is 3.40. The van der Waals surface area contributed by atoms with Crippen LogP contribution in [0, 0.1) is 0 Å². The second-order valence-corrected chi connectivity index (χ2v) is 4.61. The summed E-state index contributed by atoms with van der Waals surface area (Å²) < 4.78 is -0.275. The van der Waals surface area contributed by atoms with Crippen LogP contribution in [0.25, 0.3) is 0 Å². The van der Waals surface area contributed by atoms with E-state index in [9.17, 15) is 4.79 Å². The van der Waals surface area contributed by atoms with Gasteiger partial charge in [-0.3, -0.25) is 4.79 Å². The molecule has 0 aromatic carbocycles. The van der Waals surface area contributed by atoms with Gasteiger partial charge in [-0.15, -0.1) is 0 Å². The number of carbonyl (C=O) groups is 1. The van der Waals surface area contributed by atoms with Crippen LogP contribution in [0.3, 0.4) is 0 Å². The summed E-state index contributed by atoms with van der Waals surface area (Å²) in [6.07, 6.45) is 3.20. The fraction of sp³-hybridized carbons (Fsp3) is 0.875. The van der Waals surface area contributed by atoms with Crippen molar-refractivity contribution in [2.45, 2.75) is 44.4 Å². The lowest BCUT2D eigenvalue weighted by atomic mass is 10.0. The largest absolute Gasteiger partial charge is 0.298 e. The Bertz CT molecular complexity index is 118. The van der Waals surface area contributed by atoms with Gasteiger partial charge in [0.2, 0.25) is 0 Å². The molecular weight excluding hydrogens is 192 g/mol. The highest BCUT2D eigenvalue weighted by Gasteiger charge is 2.24. The van der Waals surface area contributed by atoms with Crippen molar-refractivity contribution in [1.29, 1.82) is 0 Å². The molecule has 0 rings (SSSR count). The van der Waals surface area contributed by atoms with Gasteiger partial charge in [0, 0.05) is 0 Å². The SMILES string of the molecule is CCCCC(C)(Br)C(C)=O. The van der Waals surface area contributed by atoms with E-state index in [1.807, 2.05) is 6.92 Å². The van der Waals surface area contributed by atoms with Crippen LogP contribution in [0.2, 0.25) is 0 Å². The molecule has 0 radical (unpaired) electrons. The Labute approximate surface area is 71.3 Å². The average molecular weight is 207 g/mol. The van der Waals surface area contributed by atoms with Crippen molar-refractivity contribution < 1.29 is 4.79 Å². The van der Waals surface area contributed by atoms with Crippen molar-refractivity contribution in [1.82, 2.24) is 0 Å².